The predicted molar refractivity (Wildman–Crippen MR) is 134 cm³/mol. The van der Waals surface area contributed by atoms with Crippen LogP contribution in [0.1, 0.15) is 51.5 Å². The second-order valence-corrected chi connectivity index (χ2v) is 10.2. The van der Waals surface area contributed by atoms with E-state index in [4.69, 9.17) is 28.3 Å². The zero-order valence-electron chi connectivity index (χ0n) is 20.1. The molecule has 3 heterocycles. The lowest BCUT2D eigenvalue weighted by atomic mass is 9.97. The molecule has 3 aromatic rings. The highest BCUT2D eigenvalue weighted by atomic mass is 35.5. The average molecular weight is 549 g/mol. The summed E-state index contributed by atoms with van der Waals surface area (Å²) in [4.78, 5) is 30.5. The zero-order valence-corrected chi connectivity index (χ0v) is 21.6. The summed E-state index contributed by atoms with van der Waals surface area (Å²) >= 11 is 12.1. The number of halogens is 4. The first kappa shape index (κ1) is 25.5. The minimum atomic E-state index is -2.90. The van der Waals surface area contributed by atoms with Gasteiger partial charge in [0.1, 0.15) is 11.4 Å². The Kier molecular flexibility index (Phi) is 6.85. The SMILES string of the molecule is C[C@@H]1Cc2nn3c(c2CN1C(=O)c1ccc(Cl)c(Cl)c1)C(=O)N(Cc1ccc(OC(F)F)cc1)[C@H](C)C3. The Morgan fingerprint density at radius 2 is 1.84 bits per heavy atom. The fraction of sp³-hybridized carbons (Fsp3) is 0.346. The van der Waals surface area contributed by atoms with E-state index in [1.165, 1.54) is 12.1 Å². The van der Waals surface area contributed by atoms with Crippen molar-refractivity contribution in [3.63, 3.8) is 0 Å². The van der Waals surface area contributed by atoms with E-state index >= 15 is 0 Å². The van der Waals surface area contributed by atoms with Gasteiger partial charge in [0.2, 0.25) is 0 Å². The van der Waals surface area contributed by atoms with E-state index in [2.05, 4.69) is 4.74 Å². The third-order valence-corrected chi connectivity index (χ3v) is 7.58. The standard InChI is InChI=1S/C26H24Cl2F2N4O3/c1-14-9-22-19(13-33(14)24(35)17-5-8-20(27)21(28)10-17)23-25(36)32(15(2)11-34(23)31-22)12-16-3-6-18(7-4-16)37-26(29)30/h3-8,10,14-15,26H,9,11-13H2,1-2H3/t14-,15-/m1/s1. The van der Waals surface area contributed by atoms with Gasteiger partial charge in [0.05, 0.1) is 28.8 Å². The number of rotatable bonds is 5. The minimum absolute atomic E-state index is 0.0600. The molecule has 0 aliphatic carbocycles. The van der Waals surface area contributed by atoms with Gasteiger partial charge >= 0.3 is 6.61 Å². The Balaban J connectivity index is 1.39. The van der Waals surface area contributed by atoms with E-state index in [-0.39, 0.29) is 36.2 Å². The van der Waals surface area contributed by atoms with Crippen LogP contribution in [0.25, 0.3) is 0 Å². The van der Waals surface area contributed by atoms with Crippen LogP contribution in [-0.2, 0) is 26.1 Å². The fourth-order valence-corrected chi connectivity index (χ4v) is 5.22. The quantitative estimate of drug-likeness (QED) is 0.426. The molecule has 0 radical (unpaired) electrons. The first-order chi connectivity index (χ1) is 17.6. The van der Waals surface area contributed by atoms with Gasteiger partial charge in [0.25, 0.3) is 11.8 Å². The molecule has 11 heteroatoms. The number of hydrogen-bond acceptors (Lipinski definition) is 4. The molecule has 0 spiro atoms. The summed E-state index contributed by atoms with van der Waals surface area (Å²) < 4.78 is 31.1. The van der Waals surface area contributed by atoms with Crippen LogP contribution in [0.5, 0.6) is 5.75 Å². The highest BCUT2D eigenvalue weighted by Gasteiger charge is 2.39. The molecular weight excluding hydrogens is 525 g/mol. The largest absolute Gasteiger partial charge is 0.435 e. The number of ether oxygens (including phenoxy) is 1. The summed E-state index contributed by atoms with van der Waals surface area (Å²) in [6.45, 7) is 2.06. The van der Waals surface area contributed by atoms with Crippen LogP contribution in [0.3, 0.4) is 0 Å². The van der Waals surface area contributed by atoms with Crippen molar-refractivity contribution in [1.29, 1.82) is 0 Å². The van der Waals surface area contributed by atoms with Gasteiger partial charge in [-0.2, -0.15) is 13.9 Å². The van der Waals surface area contributed by atoms with E-state index in [9.17, 15) is 18.4 Å². The van der Waals surface area contributed by atoms with Crippen LogP contribution < -0.4 is 4.74 Å². The number of hydrogen-bond donors (Lipinski definition) is 0. The Morgan fingerprint density at radius 3 is 2.51 bits per heavy atom. The number of nitrogens with zero attached hydrogens (tertiary/aromatic N) is 4. The van der Waals surface area contributed by atoms with Crippen molar-refractivity contribution in [3.05, 3.63) is 80.6 Å². The Bertz CT molecular complexity index is 1360. The molecule has 0 fully saturated rings. The van der Waals surface area contributed by atoms with E-state index in [0.29, 0.717) is 40.8 Å². The van der Waals surface area contributed by atoms with Crippen LogP contribution in [0.2, 0.25) is 10.0 Å². The van der Waals surface area contributed by atoms with Crippen molar-refractivity contribution in [1.82, 2.24) is 19.6 Å². The molecule has 7 nitrogen and oxygen atoms in total. The first-order valence-electron chi connectivity index (χ1n) is 11.8. The van der Waals surface area contributed by atoms with Crippen molar-refractivity contribution in [2.45, 2.75) is 58.6 Å². The monoisotopic (exact) mass is 548 g/mol. The average Bonchev–Trinajstić information content (AvgIpc) is 3.20. The number of carbonyl (C=O) groups excluding carboxylic acids is 2. The molecule has 5 rings (SSSR count). The number of aromatic nitrogens is 2. The maximum absolute atomic E-state index is 13.7. The molecule has 1 aromatic heterocycles. The second-order valence-electron chi connectivity index (χ2n) is 9.38. The lowest BCUT2D eigenvalue weighted by Gasteiger charge is -2.36. The summed E-state index contributed by atoms with van der Waals surface area (Å²) in [6, 6.07) is 10.8. The van der Waals surface area contributed by atoms with Crippen LogP contribution in [0.4, 0.5) is 8.78 Å². The summed E-state index contributed by atoms with van der Waals surface area (Å²) in [5, 5.41) is 5.39. The molecule has 0 N–H and O–H groups in total. The van der Waals surface area contributed by atoms with Crippen LogP contribution >= 0.6 is 23.2 Å². The van der Waals surface area contributed by atoms with Crippen molar-refractivity contribution in [3.8, 4) is 5.75 Å². The molecule has 0 saturated carbocycles. The van der Waals surface area contributed by atoms with Crippen LogP contribution in [0, 0.1) is 0 Å². The molecule has 194 valence electrons. The van der Waals surface area contributed by atoms with Crippen LogP contribution in [-0.4, -0.2) is 50.1 Å². The smallest absolute Gasteiger partial charge is 0.387 e. The van der Waals surface area contributed by atoms with Crippen molar-refractivity contribution in [2.24, 2.45) is 0 Å². The molecule has 37 heavy (non-hydrogen) atoms. The minimum Gasteiger partial charge on any atom is -0.435 e. The molecule has 2 atom stereocenters. The molecular formula is C26H24Cl2F2N4O3. The van der Waals surface area contributed by atoms with Gasteiger partial charge in [-0.1, -0.05) is 35.3 Å². The highest BCUT2D eigenvalue weighted by Crippen LogP contribution is 2.32. The summed E-state index contributed by atoms with van der Waals surface area (Å²) in [5.41, 5.74) is 3.25. The number of amides is 2. The number of benzene rings is 2. The zero-order chi connectivity index (χ0) is 26.4. The number of fused-ring (bicyclic) bond motifs is 3. The molecule has 0 saturated heterocycles. The summed E-state index contributed by atoms with van der Waals surface area (Å²) in [7, 11) is 0. The molecule has 0 bridgehead atoms. The van der Waals surface area contributed by atoms with Gasteiger partial charge in [0.15, 0.2) is 0 Å². The molecule has 2 amide bonds. The Hall–Kier alpha value is -3.17. The molecule has 2 aromatic carbocycles. The topological polar surface area (TPSA) is 67.7 Å². The number of carbonyl (C=O) groups is 2. The lowest BCUT2D eigenvalue weighted by molar-refractivity contribution is -0.0498. The number of alkyl halides is 2. The maximum atomic E-state index is 13.7. The third-order valence-electron chi connectivity index (χ3n) is 6.84. The van der Waals surface area contributed by atoms with Gasteiger partial charge in [-0.25, -0.2) is 0 Å². The second kappa shape index (κ2) is 9.95. The molecule has 2 aliphatic heterocycles. The van der Waals surface area contributed by atoms with Crippen LogP contribution in [0.15, 0.2) is 42.5 Å². The van der Waals surface area contributed by atoms with Gasteiger partial charge in [-0.05, 0) is 49.7 Å². The van der Waals surface area contributed by atoms with Crippen molar-refractivity contribution >= 4 is 35.0 Å². The Labute approximate surface area is 222 Å². The normalized spacial score (nSPS) is 19.2. The lowest BCUT2D eigenvalue weighted by Crippen LogP contribution is -2.47. The first-order valence-corrected chi connectivity index (χ1v) is 12.6. The summed E-state index contributed by atoms with van der Waals surface area (Å²) in [5.74, 6) is -0.321. The van der Waals surface area contributed by atoms with Gasteiger partial charge in [0, 0.05) is 36.2 Å². The van der Waals surface area contributed by atoms with Gasteiger partial charge in [-0.15, -0.1) is 0 Å². The molecule has 0 unspecified atom stereocenters. The molecule has 2 aliphatic rings. The summed E-state index contributed by atoms with van der Waals surface area (Å²) in [6.07, 6.45) is 0.523. The van der Waals surface area contributed by atoms with E-state index in [1.807, 2.05) is 13.8 Å². The van der Waals surface area contributed by atoms with Crippen molar-refractivity contribution in [2.75, 3.05) is 0 Å². The van der Waals surface area contributed by atoms with Gasteiger partial charge < -0.3 is 14.5 Å². The van der Waals surface area contributed by atoms with E-state index in [0.717, 1.165) is 16.8 Å². The van der Waals surface area contributed by atoms with E-state index in [1.54, 1.807) is 44.8 Å². The third kappa shape index (κ3) is 4.90. The van der Waals surface area contributed by atoms with Crippen molar-refractivity contribution < 1.29 is 23.1 Å². The highest BCUT2D eigenvalue weighted by molar-refractivity contribution is 6.42. The van der Waals surface area contributed by atoms with Gasteiger partial charge in [-0.3, -0.25) is 14.3 Å². The van der Waals surface area contributed by atoms with E-state index < -0.39 is 6.61 Å². The predicted octanol–water partition coefficient (Wildman–Crippen LogP) is 5.42. The fourth-order valence-electron chi connectivity index (χ4n) is 4.92. The maximum Gasteiger partial charge on any atom is 0.387 e. The Morgan fingerprint density at radius 1 is 1.11 bits per heavy atom.